The molecule has 0 unspecified atom stereocenters. The molecule has 2 N–H and O–H groups in total. The first-order valence-electron chi connectivity index (χ1n) is 10.0. The Bertz CT molecular complexity index is 1240. The lowest BCUT2D eigenvalue weighted by Crippen LogP contribution is -2.33. The number of benzene rings is 2. The third-order valence-electron chi connectivity index (χ3n) is 5.18. The van der Waals surface area contributed by atoms with Crippen molar-refractivity contribution in [2.24, 2.45) is 5.16 Å². The highest BCUT2D eigenvalue weighted by atomic mass is 19.1. The van der Waals surface area contributed by atoms with Crippen LogP contribution in [0, 0.1) is 11.6 Å². The predicted octanol–water partition coefficient (Wildman–Crippen LogP) is 3.69. The number of hydrogen-bond donors (Lipinski definition) is 2. The summed E-state index contributed by atoms with van der Waals surface area (Å²) in [6, 6.07) is 10.2. The fourth-order valence-electron chi connectivity index (χ4n) is 3.59. The van der Waals surface area contributed by atoms with Gasteiger partial charge in [0.1, 0.15) is 17.7 Å². The van der Waals surface area contributed by atoms with E-state index in [-0.39, 0.29) is 30.2 Å². The van der Waals surface area contributed by atoms with Gasteiger partial charge in [0, 0.05) is 30.4 Å². The first kappa shape index (κ1) is 22.0. The van der Waals surface area contributed by atoms with Gasteiger partial charge in [-0.1, -0.05) is 11.2 Å². The van der Waals surface area contributed by atoms with Gasteiger partial charge in [0.25, 0.3) is 0 Å². The summed E-state index contributed by atoms with van der Waals surface area (Å²) in [5.74, 6) is -1.43. The number of oxime groups is 1. The van der Waals surface area contributed by atoms with E-state index >= 15 is 0 Å². The van der Waals surface area contributed by atoms with Crippen LogP contribution in [0.5, 0.6) is 0 Å². The summed E-state index contributed by atoms with van der Waals surface area (Å²) in [4.78, 5) is 24.5. The first-order valence-corrected chi connectivity index (χ1v) is 10.0. The SMILES string of the molecule is CC(=O)NC[C@H]1CN(c2ccc(-c3ccc(-n4ccc(/C=N/O)c4)c(F)c3)c(F)c2)C(=O)O1. The highest BCUT2D eigenvalue weighted by molar-refractivity contribution is 5.90. The number of nitrogens with zero attached hydrogens (tertiary/aromatic N) is 3. The quantitative estimate of drug-likeness (QED) is 0.337. The largest absolute Gasteiger partial charge is 0.442 e. The minimum absolute atomic E-state index is 0.166. The number of amides is 2. The Morgan fingerprint density at radius 1 is 1.24 bits per heavy atom. The molecule has 0 aliphatic carbocycles. The highest BCUT2D eigenvalue weighted by Gasteiger charge is 2.32. The van der Waals surface area contributed by atoms with Crippen LogP contribution in [-0.4, -0.2) is 47.2 Å². The molecule has 33 heavy (non-hydrogen) atoms. The molecule has 1 aromatic heterocycles. The van der Waals surface area contributed by atoms with Crippen LogP contribution in [0.15, 0.2) is 60.0 Å². The molecule has 4 rings (SSSR count). The topological polar surface area (TPSA) is 96.2 Å². The zero-order valence-electron chi connectivity index (χ0n) is 17.5. The van der Waals surface area contributed by atoms with E-state index < -0.39 is 23.8 Å². The summed E-state index contributed by atoms with van der Waals surface area (Å²) in [6.07, 6.45) is 3.24. The molecule has 0 radical (unpaired) electrons. The van der Waals surface area contributed by atoms with Crippen LogP contribution in [-0.2, 0) is 9.53 Å². The second-order valence-electron chi connectivity index (χ2n) is 7.48. The molecule has 1 aliphatic heterocycles. The van der Waals surface area contributed by atoms with E-state index in [0.29, 0.717) is 16.8 Å². The third kappa shape index (κ3) is 4.69. The standard InChI is InChI=1S/C23H20F2N4O4/c1-14(30)26-11-18-13-29(23(31)33-18)17-3-4-19(20(24)9-17)16-2-5-22(21(25)8-16)28-7-6-15(12-28)10-27-32/h2-10,12,18,32H,11,13H2,1H3,(H,26,30)/b27-10+/t18-/m0/s1. The van der Waals surface area contributed by atoms with Crippen LogP contribution in [0.3, 0.4) is 0 Å². The van der Waals surface area contributed by atoms with Crippen LogP contribution >= 0.6 is 0 Å². The maximum atomic E-state index is 14.9. The number of carbonyl (C=O) groups excluding carboxylic acids is 2. The van der Waals surface area contributed by atoms with Gasteiger partial charge in [0.2, 0.25) is 5.91 Å². The van der Waals surface area contributed by atoms with Crippen molar-refractivity contribution in [3.8, 4) is 16.8 Å². The van der Waals surface area contributed by atoms with Crippen LogP contribution < -0.4 is 10.2 Å². The number of nitrogens with one attached hydrogen (secondary N) is 1. The van der Waals surface area contributed by atoms with Crippen LogP contribution in [0.1, 0.15) is 12.5 Å². The Kier molecular flexibility index (Phi) is 6.07. The van der Waals surface area contributed by atoms with Crippen molar-refractivity contribution in [1.82, 2.24) is 9.88 Å². The Balaban J connectivity index is 1.54. The molecule has 0 saturated carbocycles. The minimum Gasteiger partial charge on any atom is -0.442 e. The number of carbonyl (C=O) groups is 2. The molecule has 8 nitrogen and oxygen atoms in total. The maximum Gasteiger partial charge on any atom is 0.414 e. The summed E-state index contributed by atoms with van der Waals surface area (Å²) >= 11 is 0. The van der Waals surface area contributed by atoms with Crippen molar-refractivity contribution >= 4 is 23.9 Å². The normalized spacial score (nSPS) is 15.8. The molecule has 1 atom stereocenters. The first-order chi connectivity index (χ1) is 15.9. The van der Waals surface area contributed by atoms with E-state index in [9.17, 15) is 18.4 Å². The molecule has 2 aromatic carbocycles. The number of ether oxygens (including phenoxy) is 1. The number of aromatic nitrogens is 1. The number of anilines is 1. The number of rotatable bonds is 6. The molecular formula is C23H20F2N4O4. The molecule has 3 aromatic rings. The molecule has 1 saturated heterocycles. The van der Waals surface area contributed by atoms with E-state index in [4.69, 9.17) is 9.94 Å². The van der Waals surface area contributed by atoms with Crippen molar-refractivity contribution in [2.45, 2.75) is 13.0 Å². The van der Waals surface area contributed by atoms with Gasteiger partial charge in [0.05, 0.1) is 30.7 Å². The minimum atomic E-state index is -0.634. The van der Waals surface area contributed by atoms with Gasteiger partial charge >= 0.3 is 6.09 Å². The van der Waals surface area contributed by atoms with Crippen molar-refractivity contribution in [1.29, 1.82) is 0 Å². The number of cyclic esters (lactones) is 1. The van der Waals surface area contributed by atoms with E-state index in [1.54, 1.807) is 30.6 Å². The maximum absolute atomic E-state index is 14.9. The Hall–Kier alpha value is -4.21. The lowest BCUT2D eigenvalue weighted by molar-refractivity contribution is -0.119. The average Bonchev–Trinajstić information content (AvgIpc) is 3.39. The molecular weight excluding hydrogens is 434 g/mol. The fraction of sp³-hybridized carbons (Fsp3) is 0.174. The molecule has 0 bridgehead atoms. The number of halogens is 2. The summed E-state index contributed by atoms with van der Waals surface area (Å²) < 4.78 is 36.4. The zero-order valence-corrected chi connectivity index (χ0v) is 17.5. The molecule has 2 amide bonds. The Morgan fingerprint density at radius 2 is 2.06 bits per heavy atom. The Morgan fingerprint density at radius 3 is 2.76 bits per heavy atom. The van der Waals surface area contributed by atoms with Gasteiger partial charge in [-0.15, -0.1) is 0 Å². The highest BCUT2D eigenvalue weighted by Crippen LogP contribution is 2.30. The lowest BCUT2D eigenvalue weighted by atomic mass is 10.0. The van der Waals surface area contributed by atoms with E-state index in [0.717, 1.165) is 0 Å². The van der Waals surface area contributed by atoms with E-state index in [2.05, 4.69) is 10.5 Å². The van der Waals surface area contributed by atoms with Crippen molar-refractivity contribution in [3.63, 3.8) is 0 Å². The summed E-state index contributed by atoms with van der Waals surface area (Å²) in [7, 11) is 0. The molecule has 1 fully saturated rings. The van der Waals surface area contributed by atoms with Crippen LogP contribution in [0.2, 0.25) is 0 Å². The van der Waals surface area contributed by atoms with Gasteiger partial charge in [-0.2, -0.15) is 0 Å². The molecule has 2 heterocycles. The molecule has 170 valence electrons. The zero-order chi connectivity index (χ0) is 23.5. The van der Waals surface area contributed by atoms with Gasteiger partial charge in [0.15, 0.2) is 0 Å². The third-order valence-corrected chi connectivity index (χ3v) is 5.18. The monoisotopic (exact) mass is 454 g/mol. The molecule has 0 spiro atoms. The van der Waals surface area contributed by atoms with Gasteiger partial charge < -0.3 is 19.8 Å². The molecule has 1 aliphatic rings. The predicted molar refractivity (Wildman–Crippen MR) is 117 cm³/mol. The van der Waals surface area contributed by atoms with Crippen LogP contribution in [0.4, 0.5) is 19.3 Å². The second-order valence-corrected chi connectivity index (χ2v) is 7.48. The van der Waals surface area contributed by atoms with Crippen molar-refractivity contribution in [3.05, 3.63) is 72.1 Å². The Labute approximate surface area is 187 Å². The fourth-order valence-corrected chi connectivity index (χ4v) is 3.59. The lowest BCUT2D eigenvalue weighted by Gasteiger charge is -2.15. The van der Waals surface area contributed by atoms with Crippen LogP contribution in [0.25, 0.3) is 16.8 Å². The van der Waals surface area contributed by atoms with E-state index in [1.165, 1.54) is 46.9 Å². The number of hydrogen-bond acceptors (Lipinski definition) is 5. The second kappa shape index (κ2) is 9.11. The van der Waals surface area contributed by atoms with E-state index in [1.807, 2.05) is 0 Å². The van der Waals surface area contributed by atoms with Gasteiger partial charge in [-0.25, -0.2) is 13.6 Å². The summed E-state index contributed by atoms with van der Waals surface area (Å²) in [5, 5.41) is 14.1. The van der Waals surface area contributed by atoms with Crippen molar-refractivity contribution in [2.75, 3.05) is 18.0 Å². The van der Waals surface area contributed by atoms with Gasteiger partial charge in [-0.3, -0.25) is 9.69 Å². The average molecular weight is 454 g/mol. The smallest absolute Gasteiger partial charge is 0.414 e. The molecule has 10 heteroatoms. The van der Waals surface area contributed by atoms with Gasteiger partial charge in [-0.05, 0) is 42.0 Å². The summed E-state index contributed by atoms with van der Waals surface area (Å²) in [5.41, 5.74) is 1.64. The summed E-state index contributed by atoms with van der Waals surface area (Å²) in [6.45, 7) is 1.69. The van der Waals surface area contributed by atoms with Crippen molar-refractivity contribution < 1.29 is 28.3 Å².